The van der Waals surface area contributed by atoms with Crippen molar-refractivity contribution in [3.63, 3.8) is 0 Å². The summed E-state index contributed by atoms with van der Waals surface area (Å²) in [6, 6.07) is 14.5. The zero-order valence-corrected chi connectivity index (χ0v) is 18.8. The fraction of sp³-hybridized carbons (Fsp3) is 0.333. The van der Waals surface area contributed by atoms with Gasteiger partial charge in [-0.2, -0.15) is 0 Å². The van der Waals surface area contributed by atoms with Crippen molar-refractivity contribution in [1.29, 1.82) is 0 Å². The molecule has 0 saturated carbocycles. The van der Waals surface area contributed by atoms with E-state index in [1.165, 1.54) is 6.07 Å². The molecule has 2 aromatic carbocycles. The lowest BCUT2D eigenvalue weighted by molar-refractivity contribution is -0.138. The van der Waals surface area contributed by atoms with Gasteiger partial charge in [0.2, 0.25) is 0 Å². The molecule has 168 valence electrons. The zero-order valence-electron chi connectivity index (χ0n) is 17.9. The molecule has 4 rings (SSSR count). The Labute approximate surface area is 188 Å². The molecule has 1 fully saturated rings. The highest BCUT2D eigenvalue weighted by molar-refractivity contribution is 7.79. The summed E-state index contributed by atoms with van der Waals surface area (Å²) in [6.07, 6.45) is 0.511. The number of carbonyl (C=O) groups is 1. The molecule has 8 heteroatoms. The maximum Gasteiger partial charge on any atom is 0.336 e. The number of benzene rings is 2. The van der Waals surface area contributed by atoms with Crippen LogP contribution in [-0.2, 0) is 15.9 Å². The number of carbonyl (C=O) groups excluding carboxylic acids is 1. The molecule has 3 aromatic rings. The second-order valence-corrected chi connectivity index (χ2v) is 9.26. The van der Waals surface area contributed by atoms with E-state index in [0.29, 0.717) is 30.7 Å². The first kappa shape index (κ1) is 22.2. The molecule has 1 aromatic heterocycles. The first-order chi connectivity index (χ1) is 15.3. The highest BCUT2D eigenvalue weighted by Crippen LogP contribution is 2.31. The van der Waals surface area contributed by atoms with Gasteiger partial charge in [0, 0.05) is 36.2 Å². The van der Waals surface area contributed by atoms with Gasteiger partial charge in [-0.25, -0.2) is 9.00 Å². The smallest absolute Gasteiger partial charge is 0.336 e. The Morgan fingerprint density at radius 1 is 1.22 bits per heavy atom. The molecule has 2 heterocycles. The van der Waals surface area contributed by atoms with E-state index in [-0.39, 0.29) is 12.5 Å². The van der Waals surface area contributed by atoms with E-state index in [0.717, 1.165) is 22.1 Å². The van der Waals surface area contributed by atoms with Crippen LogP contribution in [0, 0.1) is 6.92 Å². The van der Waals surface area contributed by atoms with Gasteiger partial charge in [-0.3, -0.25) is 4.79 Å². The topological polar surface area (TPSA) is 97.0 Å². The summed E-state index contributed by atoms with van der Waals surface area (Å²) in [5.74, 6) is 0.165. The number of amides is 1. The fourth-order valence-corrected chi connectivity index (χ4v) is 4.80. The normalized spacial score (nSPS) is 18.3. The molecule has 0 bridgehead atoms. The maximum absolute atomic E-state index is 12.8. The third kappa shape index (κ3) is 4.61. The molecule has 3 unspecified atom stereocenters. The average Bonchev–Trinajstić information content (AvgIpc) is 2.78. The molecule has 7 nitrogen and oxygen atoms in total. The van der Waals surface area contributed by atoms with Crippen LogP contribution in [0.4, 0.5) is 0 Å². The predicted octanol–water partition coefficient (Wildman–Crippen LogP) is 3.75. The van der Waals surface area contributed by atoms with Crippen LogP contribution in [0.1, 0.15) is 25.3 Å². The van der Waals surface area contributed by atoms with Crippen molar-refractivity contribution in [3.8, 4) is 16.9 Å². The van der Waals surface area contributed by atoms with Crippen LogP contribution in [0.3, 0.4) is 0 Å². The number of hydrogen-bond donors (Lipinski definition) is 1. The van der Waals surface area contributed by atoms with Crippen molar-refractivity contribution in [2.24, 2.45) is 0 Å². The van der Waals surface area contributed by atoms with Gasteiger partial charge in [-0.15, -0.1) is 0 Å². The Kier molecular flexibility index (Phi) is 6.43. The van der Waals surface area contributed by atoms with Crippen LogP contribution >= 0.6 is 0 Å². The van der Waals surface area contributed by atoms with Gasteiger partial charge in [0.25, 0.3) is 5.91 Å². The number of aryl methyl sites for hydroxylation is 1. The van der Waals surface area contributed by atoms with E-state index in [9.17, 15) is 18.4 Å². The highest BCUT2D eigenvalue weighted by atomic mass is 32.2. The Morgan fingerprint density at radius 2 is 2.00 bits per heavy atom. The minimum atomic E-state index is -1.96. The van der Waals surface area contributed by atoms with Crippen LogP contribution in [0.5, 0.6) is 5.75 Å². The van der Waals surface area contributed by atoms with Crippen molar-refractivity contribution in [2.45, 2.75) is 38.0 Å². The lowest BCUT2D eigenvalue weighted by Gasteiger charge is -2.32. The minimum absolute atomic E-state index is 0.238. The van der Waals surface area contributed by atoms with Gasteiger partial charge < -0.3 is 18.6 Å². The molecule has 1 N–H and O–H groups in total. The van der Waals surface area contributed by atoms with E-state index < -0.39 is 28.1 Å². The molecular weight excluding hydrogens is 430 g/mol. The number of hydrogen-bond acceptors (Lipinski definition) is 5. The summed E-state index contributed by atoms with van der Waals surface area (Å²) in [7, 11) is 0. The summed E-state index contributed by atoms with van der Waals surface area (Å²) in [4.78, 5) is 26.6. The molecular formula is C24H25NO6S. The number of fused-ring (bicyclic) bond motifs is 1. The number of nitrogens with zero attached hydrogens (tertiary/aromatic N) is 1. The van der Waals surface area contributed by atoms with E-state index in [1.807, 2.05) is 37.3 Å². The van der Waals surface area contributed by atoms with E-state index in [4.69, 9.17) is 9.15 Å². The lowest BCUT2D eigenvalue weighted by Crippen LogP contribution is -2.48. The summed E-state index contributed by atoms with van der Waals surface area (Å²) in [5, 5.41) is 0.337. The Balaban J connectivity index is 1.58. The van der Waals surface area contributed by atoms with Gasteiger partial charge >= 0.3 is 5.63 Å². The van der Waals surface area contributed by atoms with Crippen molar-refractivity contribution < 1.29 is 22.7 Å². The average molecular weight is 456 g/mol. The Morgan fingerprint density at radius 3 is 2.75 bits per heavy atom. The van der Waals surface area contributed by atoms with Crippen LogP contribution in [-0.4, -0.2) is 44.0 Å². The molecule has 1 saturated heterocycles. The number of ether oxygens (including phenoxy) is 1. The van der Waals surface area contributed by atoms with Gasteiger partial charge in [0.05, 0.1) is 5.25 Å². The second kappa shape index (κ2) is 9.26. The van der Waals surface area contributed by atoms with Crippen LogP contribution in [0.25, 0.3) is 22.1 Å². The van der Waals surface area contributed by atoms with Crippen molar-refractivity contribution in [2.75, 3.05) is 13.1 Å². The first-order valence-electron chi connectivity index (χ1n) is 10.5. The summed E-state index contributed by atoms with van der Waals surface area (Å²) < 4.78 is 32.0. The van der Waals surface area contributed by atoms with E-state index in [1.54, 1.807) is 24.0 Å². The Bertz CT molecular complexity index is 1240. The number of rotatable bonds is 5. The summed E-state index contributed by atoms with van der Waals surface area (Å²) >= 11 is -1.96. The number of likely N-dealkylation sites (tertiary alicyclic amines) is 1. The van der Waals surface area contributed by atoms with E-state index >= 15 is 0 Å². The first-order valence-corrected chi connectivity index (χ1v) is 11.7. The lowest BCUT2D eigenvalue weighted by atomic mass is 9.98. The van der Waals surface area contributed by atoms with Crippen LogP contribution in [0.15, 0.2) is 57.7 Å². The zero-order chi connectivity index (χ0) is 22.8. The molecule has 1 aliphatic rings. The highest BCUT2D eigenvalue weighted by Gasteiger charge is 2.30. The van der Waals surface area contributed by atoms with Gasteiger partial charge in [0.15, 0.2) is 17.2 Å². The van der Waals surface area contributed by atoms with Crippen LogP contribution < -0.4 is 10.4 Å². The third-order valence-corrected chi connectivity index (χ3v) is 6.74. The van der Waals surface area contributed by atoms with Crippen molar-refractivity contribution in [1.82, 2.24) is 4.90 Å². The summed E-state index contributed by atoms with van der Waals surface area (Å²) in [5.41, 5.74) is 2.68. The summed E-state index contributed by atoms with van der Waals surface area (Å²) in [6.45, 7) is 4.40. The molecule has 3 atom stereocenters. The van der Waals surface area contributed by atoms with Gasteiger partial charge in [-0.1, -0.05) is 24.3 Å². The fourth-order valence-electron chi connectivity index (χ4n) is 4.13. The molecule has 0 radical (unpaired) electrons. The second-order valence-electron chi connectivity index (χ2n) is 8.04. The van der Waals surface area contributed by atoms with Gasteiger partial charge in [0.1, 0.15) is 11.3 Å². The maximum atomic E-state index is 12.8. The quantitative estimate of drug-likeness (QED) is 0.465. The van der Waals surface area contributed by atoms with Crippen molar-refractivity contribution in [3.05, 3.63) is 64.5 Å². The largest absolute Gasteiger partial charge is 0.481 e. The standard InChI is InChI=1S/C24H25NO6S/c1-15-6-3-4-8-19(15)21-13-23(26)31-22-12-17(9-10-20(21)22)30-16(2)24(27)25-11-5-7-18(14-25)32(28)29/h3-4,6,8-10,12-13,16,18H,5,7,11,14H2,1-2H3,(H,28,29). The molecule has 1 amide bonds. The van der Waals surface area contributed by atoms with Crippen molar-refractivity contribution >= 4 is 28.0 Å². The SMILES string of the molecule is Cc1ccccc1-c1cc(=O)oc2cc(OC(C)C(=O)N3CCCC(S(=O)O)C3)ccc12. The third-order valence-electron chi connectivity index (χ3n) is 5.79. The van der Waals surface area contributed by atoms with E-state index in [2.05, 4.69) is 0 Å². The monoisotopic (exact) mass is 455 g/mol. The van der Waals surface area contributed by atoms with Crippen LogP contribution in [0.2, 0.25) is 0 Å². The molecule has 0 aliphatic carbocycles. The molecule has 1 aliphatic heterocycles. The minimum Gasteiger partial charge on any atom is -0.481 e. The Hall–Kier alpha value is -2.97. The number of piperidine rings is 1. The van der Waals surface area contributed by atoms with Gasteiger partial charge in [-0.05, 0) is 49.9 Å². The molecule has 32 heavy (non-hydrogen) atoms. The molecule has 0 spiro atoms. The predicted molar refractivity (Wildman–Crippen MR) is 123 cm³/mol.